The highest BCUT2D eigenvalue weighted by molar-refractivity contribution is 5.37. The lowest BCUT2D eigenvalue weighted by Gasteiger charge is -2.45. The van der Waals surface area contributed by atoms with E-state index in [1.807, 2.05) is 0 Å². The van der Waals surface area contributed by atoms with Gasteiger partial charge in [-0.3, -0.25) is 0 Å². The molecule has 0 radical (unpaired) electrons. The van der Waals surface area contributed by atoms with Gasteiger partial charge in [-0.2, -0.15) is 0 Å². The number of aliphatic hydroxyl groups is 2. The van der Waals surface area contributed by atoms with Crippen molar-refractivity contribution in [2.24, 2.45) is 47.3 Å². The van der Waals surface area contributed by atoms with Gasteiger partial charge in [0.25, 0.3) is 0 Å². The maximum absolute atomic E-state index is 11.7. The van der Waals surface area contributed by atoms with E-state index in [-0.39, 0.29) is 11.8 Å². The largest absolute Gasteiger partial charge is 0.386 e. The van der Waals surface area contributed by atoms with Crippen LogP contribution in [0.15, 0.2) is 48.6 Å². The minimum Gasteiger partial charge on any atom is -0.386 e. The molecule has 2 fully saturated rings. The quantitative estimate of drug-likeness (QED) is 0.729. The molecule has 114 valence electrons. The van der Waals surface area contributed by atoms with Gasteiger partial charge >= 0.3 is 0 Å². The summed E-state index contributed by atoms with van der Waals surface area (Å²) in [5, 5.41) is 23.4. The summed E-state index contributed by atoms with van der Waals surface area (Å²) in [5.41, 5.74) is -1.92. The molecular weight excluding hydrogens is 272 g/mol. The van der Waals surface area contributed by atoms with Crippen LogP contribution in [0.1, 0.15) is 12.8 Å². The molecule has 0 heterocycles. The second-order valence-corrected chi connectivity index (χ2v) is 8.49. The molecule has 2 N–H and O–H groups in total. The van der Waals surface area contributed by atoms with Crippen molar-refractivity contribution in [2.45, 2.75) is 24.0 Å². The Labute approximate surface area is 130 Å². The predicted octanol–water partition coefficient (Wildman–Crippen LogP) is 2.46. The minimum absolute atomic E-state index is 0.123. The van der Waals surface area contributed by atoms with Crippen LogP contribution in [-0.4, -0.2) is 21.4 Å². The first-order valence-corrected chi connectivity index (χ1v) is 8.80. The summed E-state index contributed by atoms with van der Waals surface area (Å²) in [5.74, 6) is 3.08. The van der Waals surface area contributed by atoms with Gasteiger partial charge < -0.3 is 10.2 Å². The standard InChI is InChI=1S/C20H22O2/c21-19(9-13-3-1-11-5-7-15(19)17(11)13)20(22)10-14-4-2-12-6-8-16(20)18(12)14/h1-8,11-18,21-22H,9-10H2/t11-,12+,13+,14-,15+,16-,17+,18-,19-,20+. The van der Waals surface area contributed by atoms with Gasteiger partial charge in [-0.25, -0.2) is 0 Å². The third-order valence-corrected chi connectivity index (χ3v) is 7.90. The van der Waals surface area contributed by atoms with E-state index in [4.69, 9.17) is 0 Å². The first-order chi connectivity index (χ1) is 10.6. The van der Waals surface area contributed by atoms with Gasteiger partial charge in [-0.05, 0) is 48.3 Å². The van der Waals surface area contributed by atoms with Crippen molar-refractivity contribution < 1.29 is 10.2 Å². The Morgan fingerprint density at radius 1 is 0.591 bits per heavy atom. The molecular formula is C20H22O2. The average molecular weight is 294 g/mol. The monoisotopic (exact) mass is 294 g/mol. The molecule has 0 bridgehead atoms. The van der Waals surface area contributed by atoms with Gasteiger partial charge in [0.05, 0.1) is 0 Å². The molecule has 2 nitrogen and oxygen atoms in total. The molecule has 6 rings (SSSR count). The van der Waals surface area contributed by atoms with Crippen LogP contribution in [-0.2, 0) is 0 Å². The van der Waals surface area contributed by atoms with Gasteiger partial charge in [0.1, 0.15) is 11.2 Å². The molecule has 10 atom stereocenters. The highest BCUT2D eigenvalue weighted by Crippen LogP contribution is 2.66. The number of allylic oxidation sites excluding steroid dienone is 6. The fraction of sp³-hybridized carbons (Fsp3) is 0.600. The van der Waals surface area contributed by atoms with Crippen molar-refractivity contribution >= 4 is 0 Å². The Morgan fingerprint density at radius 2 is 1.00 bits per heavy atom. The Balaban J connectivity index is 1.47. The van der Waals surface area contributed by atoms with E-state index in [0.29, 0.717) is 35.5 Å². The van der Waals surface area contributed by atoms with Crippen LogP contribution in [0.5, 0.6) is 0 Å². The summed E-state index contributed by atoms with van der Waals surface area (Å²) in [6.07, 6.45) is 19.5. The van der Waals surface area contributed by atoms with E-state index in [1.165, 1.54) is 0 Å². The predicted molar refractivity (Wildman–Crippen MR) is 83.6 cm³/mol. The molecule has 6 aliphatic carbocycles. The highest BCUT2D eigenvalue weighted by Gasteiger charge is 2.70. The van der Waals surface area contributed by atoms with Crippen LogP contribution in [0.25, 0.3) is 0 Å². The van der Waals surface area contributed by atoms with E-state index in [2.05, 4.69) is 48.6 Å². The summed E-state index contributed by atoms with van der Waals surface area (Å²) >= 11 is 0. The fourth-order valence-electron chi connectivity index (χ4n) is 7.06. The van der Waals surface area contributed by atoms with Crippen molar-refractivity contribution in [3.63, 3.8) is 0 Å². The molecule has 0 amide bonds. The molecule has 0 aromatic heterocycles. The molecule has 0 unspecified atom stereocenters. The Morgan fingerprint density at radius 3 is 1.45 bits per heavy atom. The summed E-state index contributed by atoms with van der Waals surface area (Å²) in [4.78, 5) is 0. The maximum atomic E-state index is 11.7. The van der Waals surface area contributed by atoms with Crippen LogP contribution < -0.4 is 0 Å². The van der Waals surface area contributed by atoms with Crippen LogP contribution in [0.3, 0.4) is 0 Å². The van der Waals surface area contributed by atoms with Gasteiger partial charge in [0, 0.05) is 11.8 Å². The smallest absolute Gasteiger partial charge is 0.101 e. The average Bonchev–Trinajstić information content (AvgIpc) is 3.24. The molecule has 6 aliphatic rings. The van der Waals surface area contributed by atoms with Crippen LogP contribution >= 0.6 is 0 Å². The Kier molecular flexibility index (Phi) is 1.97. The van der Waals surface area contributed by atoms with Gasteiger partial charge in [0.15, 0.2) is 0 Å². The molecule has 0 aliphatic heterocycles. The zero-order valence-electron chi connectivity index (χ0n) is 12.5. The van der Waals surface area contributed by atoms with E-state index < -0.39 is 11.2 Å². The summed E-state index contributed by atoms with van der Waals surface area (Å²) in [7, 11) is 0. The second kappa shape index (κ2) is 3.52. The minimum atomic E-state index is -0.958. The molecule has 2 heteroatoms. The third-order valence-electron chi connectivity index (χ3n) is 7.90. The van der Waals surface area contributed by atoms with E-state index in [9.17, 15) is 10.2 Å². The van der Waals surface area contributed by atoms with Crippen molar-refractivity contribution in [3.05, 3.63) is 48.6 Å². The second-order valence-electron chi connectivity index (χ2n) is 8.49. The lowest BCUT2D eigenvalue weighted by Crippen LogP contribution is -2.59. The highest BCUT2D eigenvalue weighted by atomic mass is 16.4. The summed E-state index contributed by atoms with van der Waals surface area (Å²) in [6, 6.07) is 0. The van der Waals surface area contributed by atoms with Crippen LogP contribution in [0, 0.1) is 47.3 Å². The third kappa shape index (κ3) is 1.11. The van der Waals surface area contributed by atoms with Crippen molar-refractivity contribution in [1.82, 2.24) is 0 Å². The Bertz CT molecular complexity index is 615. The first-order valence-electron chi connectivity index (χ1n) is 8.80. The van der Waals surface area contributed by atoms with Gasteiger partial charge in [-0.15, -0.1) is 0 Å². The van der Waals surface area contributed by atoms with E-state index in [1.54, 1.807) is 0 Å². The van der Waals surface area contributed by atoms with E-state index in [0.717, 1.165) is 12.8 Å². The van der Waals surface area contributed by atoms with Gasteiger partial charge in [-0.1, -0.05) is 48.6 Å². The number of hydrogen-bond donors (Lipinski definition) is 2. The number of rotatable bonds is 1. The fourth-order valence-corrected chi connectivity index (χ4v) is 7.06. The molecule has 0 spiro atoms. The maximum Gasteiger partial charge on any atom is 0.101 e. The zero-order valence-corrected chi connectivity index (χ0v) is 12.5. The summed E-state index contributed by atoms with van der Waals surface area (Å²) < 4.78 is 0. The normalized spacial score (nSPS) is 65.0. The molecule has 0 aromatic carbocycles. The van der Waals surface area contributed by atoms with Crippen LogP contribution in [0.2, 0.25) is 0 Å². The van der Waals surface area contributed by atoms with Crippen molar-refractivity contribution in [2.75, 3.05) is 0 Å². The van der Waals surface area contributed by atoms with Crippen molar-refractivity contribution in [3.8, 4) is 0 Å². The van der Waals surface area contributed by atoms with Crippen molar-refractivity contribution in [1.29, 1.82) is 0 Å². The van der Waals surface area contributed by atoms with Gasteiger partial charge in [0.2, 0.25) is 0 Å². The SMILES string of the molecule is O[C@]1([C@]2(O)C[C@H]3C=C[C@H]4C=C[C@@H]2[C@H]43)C[C@@H]2C=C[C@@H]3C=C[C@H]1[C@@H]32. The molecule has 0 saturated heterocycles. The van der Waals surface area contributed by atoms with E-state index >= 15 is 0 Å². The summed E-state index contributed by atoms with van der Waals surface area (Å²) in [6.45, 7) is 0. The molecule has 22 heavy (non-hydrogen) atoms. The van der Waals surface area contributed by atoms with Crippen LogP contribution in [0.4, 0.5) is 0 Å². The Hall–Kier alpha value is -1.12. The first kappa shape index (κ1) is 12.3. The lowest BCUT2D eigenvalue weighted by molar-refractivity contribution is -0.180. The molecule has 0 aromatic rings. The molecule has 2 saturated carbocycles. The zero-order chi connectivity index (χ0) is 14.7. The lowest BCUT2D eigenvalue weighted by atomic mass is 9.68. The topological polar surface area (TPSA) is 40.5 Å². The number of hydrogen-bond acceptors (Lipinski definition) is 2.